The van der Waals surface area contributed by atoms with E-state index in [1.165, 1.54) is 20.1 Å². The van der Waals surface area contributed by atoms with Crippen molar-refractivity contribution >= 4 is 33.2 Å². The van der Waals surface area contributed by atoms with Gasteiger partial charge >= 0.3 is 0 Å². The first-order chi connectivity index (χ1) is 15.7. The number of anilines is 1. The highest BCUT2D eigenvalue weighted by Crippen LogP contribution is 2.34. The summed E-state index contributed by atoms with van der Waals surface area (Å²) in [6.45, 7) is 5.90. The number of methoxy groups -OCH3 is 1. The Bertz CT molecular complexity index is 1070. The van der Waals surface area contributed by atoms with E-state index in [1.807, 2.05) is 12.1 Å². The third-order valence-corrected chi connectivity index (χ3v) is 6.90. The van der Waals surface area contributed by atoms with Crippen LogP contribution in [0.2, 0.25) is 5.02 Å². The molecule has 0 saturated carbocycles. The molecule has 33 heavy (non-hydrogen) atoms. The van der Waals surface area contributed by atoms with Crippen molar-refractivity contribution in [1.29, 1.82) is 0 Å². The minimum Gasteiger partial charge on any atom is -0.495 e. The average molecular weight is 496 g/mol. The number of nitrogens with one attached hydrogen (secondary N) is 1. The van der Waals surface area contributed by atoms with E-state index in [9.17, 15) is 13.2 Å². The Morgan fingerprint density at radius 3 is 2.58 bits per heavy atom. The van der Waals surface area contributed by atoms with E-state index in [1.54, 1.807) is 12.1 Å². The fraction of sp³-hybridized carbons (Fsp3) is 0.435. The first-order valence-corrected chi connectivity index (χ1v) is 12.9. The van der Waals surface area contributed by atoms with Crippen LogP contribution in [0.3, 0.4) is 0 Å². The fourth-order valence-electron chi connectivity index (χ4n) is 3.81. The van der Waals surface area contributed by atoms with Crippen LogP contribution in [-0.4, -0.2) is 64.9 Å². The van der Waals surface area contributed by atoms with E-state index < -0.39 is 22.0 Å². The molecule has 1 saturated heterocycles. The summed E-state index contributed by atoms with van der Waals surface area (Å²) in [6.07, 6.45) is 1.05. The van der Waals surface area contributed by atoms with Gasteiger partial charge in [0.2, 0.25) is 15.9 Å². The largest absolute Gasteiger partial charge is 0.495 e. The van der Waals surface area contributed by atoms with Crippen molar-refractivity contribution in [2.45, 2.75) is 26.1 Å². The predicted molar refractivity (Wildman–Crippen MR) is 129 cm³/mol. The quantitative estimate of drug-likeness (QED) is 0.575. The SMILES string of the molecule is COc1ccc(Cl)cc1N([C@@H](C)C(=O)NCc1cccc(CN2CCOCC2)c1)S(C)(=O)=O. The van der Waals surface area contributed by atoms with E-state index in [4.69, 9.17) is 21.1 Å². The molecule has 1 amide bonds. The Kier molecular flexibility index (Phi) is 8.58. The Morgan fingerprint density at radius 2 is 1.91 bits per heavy atom. The van der Waals surface area contributed by atoms with Gasteiger partial charge < -0.3 is 14.8 Å². The molecule has 1 N–H and O–H groups in total. The van der Waals surface area contributed by atoms with Crippen LogP contribution in [0.25, 0.3) is 0 Å². The number of hydrogen-bond acceptors (Lipinski definition) is 6. The van der Waals surface area contributed by atoms with Crippen molar-refractivity contribution in [3.63, 3.8) is 0 Å². The van der Waals surface area contributed by atoms with Gasteiger partial charge in [0, 0.05) is 31.2 Å². The van der Waals surface area contributed by atoms with Crippen molar-refractivity contribution in [3.05, 3.63) is 58.6 Å². The minimum atomic E-state index is -3.80. The maximum atomic E-state index is 13.0. The summed E-state index contributed by atoms with van der Waals surface area (Å²) in [5.74, 6) is -0.124. The van der Waals surface area contributed by atoms with Gasteiger partial charge in [0.15, 0.2) is 0 Å². The van der Waals surface area contributed by atoms with Crippen molar-refractivity contribution in [2.75, 3.05) is 44.0 Å². The zero-order valence-corrected chi connectivity index (χ0v) is 20.7. The summed E-state index contributed by atoms with van der Waals surface area (Å²) in [7, 11) is -2.37. The number of nitrogens with zero attached hydrogens (tertiary/aromatic N) is 2. The van der Waals surface area contributed by atoms with Gasteiger partial charge in [0.1, 0.15) is 11.8 Å². The number of morpholine rings is 1. The first kappa shape index (κ1) is 25.3. The Hall–Kier alpha value is -2.33. The third kappa shape index (κ3) is 6.83. The van der Waals surface area contributed by atoms with Crippen LogP contribution in [0.1, 0.15) is 18.1 Å². The summed E-state index contributed by atoms with van der Waals surface area (Å²) in [5.41, 5.74) is 2.30. The zero-order valence-electron chi connectivity index (χ0n) is 19.1. The zero-order chi connectivity index (χ0) is 24.0. The maximum absolute atomic E-state index is 13.0. The monoisotopic (exact) mass is 495 g/mol. The number of hydrogen-bond donors (Lipinski definition) is 1. The van der Waals surface area contributed by atoms with Gasteiger partial charge in [-0.1, -0.05) is 35.9 Å². The molecule has 1 heterocycles. The van der Waals surface area contributed by atoms with Gasteiger partial charge in [0.25, 0.3) is 0 Å². The van der Waals surface area contributed by atoms with Crippen LogP contribution in [0.5, 0.6) is 5.75 Å². The molecule has 8 nitrogen and oxygen atoms in total. The summed E-state index contributed by atoms with van der Waals surface area (Å²) in [5, 5.41) is 3.19. The Balaban J connectivity index is 1.71. The van der Waals surface area contributed by atoms with E-state index >= 15 is 0 Å². The minimum absolute atomic E-state index is 0.211. The smallest absolute Gasteiger partial charge is 0.243 e. The second-order valence-corrected chi connectivity index (χ2v) is 10.3. The van der Waals surface area contributed by atoms with Gasteiger partial charge in [0.05, 0.1) is 32.3 Å². The molecule has 180 valence electrons. The van der Waals surface area contributed by atoms with Crippen LogP contribution in [0.4, 0.5) is 5.69 Å². The van der Waals surface area contributed by atoms with E-state index in [0.29, 0.717) is 10.8 Å². The number of ether oxygens (including phenoxy) is 2. The summed E-state index contributed by atoms with van der Waals surface area (Å²) >= 11 is 6.09. The molecule has 0 aliphatic carbocycles. The number of carbonyl (C=O) groups excluding carboxylic acids is 1. The summed E-state index contributed by atoms with van der Waals surface area (Å²) in [4.78, 5) is 15.3. The highest BCUT2D eigenvalue weighted by molar-refractivity contribution is 7.92. The summed E-state index contributed by atoms with van der Waals surface area (Å²) < 4.78 is 36.9. The summed E-state index contributed by atoms with van der Waals surface area (Å²) in [6, 6.07) is 11.6. The molecule has 0 aromatic heterocycles. The van der Waals surface area contributed by atoms with Gasteiger partial charge in [-0.25, -0.2) is 8.42 Å². The van der Waals surface area contributed by atoms with Gasteiger partial charge in [-0.05, 0) is 36.2 Å². The molecule has 3 rings (SSSR count). The number of rotatable bonds is 9. The molecule has 10 heteroatoms. The molecule has 0 unspecified atom stereocenters. The topological polar surface area (TPSA) is 88.2 Å². The number of benzene rings is 2. The normalized spacial score (nSPS) is 15.6. The van der Waals surface area contributed by atoms with E-state index in [-0.39, 0.29) is 12.2 Å². The number of sulfonamides is 1. The number of amides is 1. The first-order valence-electron chi connectivity index (χ1n) is 10.7. The van der Waals surface area contributed by atoms with E-state index in [2.05, 4.69) is 22.3 Å². The van der Waals surface area contributed by atoms with Crippen LogP contribution in [0.15, 0.2) is 42.5 Å². The third-order valence-electron chi connectivity index (χ3n) is 5.43. The van der Waals surface area contributed by atoms with E-state index in [0.717, 1.165) is 54.5 Å². The second-order valence-electron chi connectivity index (χ2n) is 7.98. The maximum Gasteiger partial charge on any atom is 0.243 e. The highest BCUT2D eigenvalue weighted by Gasteiger charge is 2.31. The Morgan fingerprint density at radius 1 is 1.21 bits per heavy atom. The standard InChI is InChI=1S/C23H30ClN3O5S/c1-17(27(33(3,29)30)21-14-20(24)7-8-22(21)31-2)23(28)25-15-18-5-4-6-19(13-18)16-26-9-11-32-12-10-26/h4-8,13-14,17H,9-12,15-16H2,1-3H3,(H,25,28)/t17-/m0/s1. The highest BCUT2D eigenvalue weighted by atomic mass is 35.5. The van der Waals surface area contributed by atoms with Crippen LogP contribution < -0.4 is 14.4 Å². The molecule has 1 fully saturated rings. The molecule has 1 aliphatic rings. The second kappa shape index (κ2) is 11.2. The molecule has 2 aromatic carbocycles. The molecular formula is C23H30ClN3O5S. The predicted octanol–water partition coefficient (Wildman–Crippen LogP) is 2.65. The molecule has 0 radical (unpaired) electrons. The molecule has 1 atom stereocenters. The lowest BCUT2D eigenvalue weighted by Gasteiger charge is -2.29. The Labute approximate surface area is 200 Å². The van der Waals surface area contributed by atoms with Crippen molar-refractivity contribution in [1.82, 2.24) is 10.2 Å². The van der Waals surface area contributed by atoms with Crippen LogP contribution in [0, 0.1) is 0 Å². The van der Waals surface area contributed by atoms with Crippen molar-refractivity contribution in [3.8, 4) is 5.75 Å². The lowest BCUT2D eigenvalue weighted by molar-refractivity contribution is -0.122. The number of carbonyl (C=O) groups is 1. The number of halogens is 1. The molecular weight excluding hydrogens is 466 g/mol. The lowest BCUT2D eigenvalue weighted by atomic mass is 10.1. The molecule has 2 aromatic rings. The van der Waals surface area contributed by atoms with Crippen molar-refractivity contribution < 1.29 is 22.7 Å². The molecule has 1 aliphatic heterocycles. The van der Waals surface area contributed by atoms with Crippen molar-refractivity contribution in [2.24, 2.45) is 0 Å². The van der Waals surface area contributed by atoms with Crippen LogP contribution in [-0.2, 0) is 32.6 Å². The van der Waals surface area contributed by atoms with Gasteiger partial charge in [-0.3, -0.25) is 14.0 Å². The van der Waals surface area contributed by atoms with Gasteiger partial charge in [-0.15, -0.1) is 0 Å². The average Bonchev–Trinajstić information content (AvgIpc) is 2.78. The molecule has 0 bridgehead atoms. The van der Waals surface area contributed by atoms with Crippen LogP contribution >= 0.6 is 11.6 Å². The van der Waals surface area contributed by atoms with Gasteiger partial charge in [-0.2, -0.15) is 0 Å². The fourth-order valence-corrected chi connectivity index (χ4v) is 5.15. The molecule has 0 spiro atoms. The lowest BCUT2D eigenvalue weighted by Crippen LogP contribution is -2.47.